The Labute approximate surface area is 87.0 Å². The molecule has 3 heteroatoms. The lowest BCUT2D eigenvalue weighted by atomic mass is 10.3. The fourth-order valence-electron chi connectivity index (χ4n) is 1.03. The molecule has 0 N–H and O–H groups in total. The van der Waals surface area contributed by atoms with Gasteiger partial charge in [0.1, 0.15) is 0 Å². The van der Waals surface area contributed by atoms with E-state index < -0.39 is 0 Å². The Morgan fingerprint density at radius 1 is 1.31 bits per heavy atom. The van der Waals surface area contributed by atoms with Crippen molar-refractivity contribution in [2.45, 2.75) is 20.0 Å². The van der Waals surface area contributed by atoms with Crippen LogP contribution in [0.3, 0.4) is 0 Å². The van der Waals surface area contributed by atoms with Crippen LogP contribution in [0.25, 0.3) is 0 Å². The number of para-hydroxylation sites is 1. The van der Waals surface area contributed by atoms with Gasteiger partial charge in [-0.1, -0.05) is 6.07 Å². The second-order valence-electron chi connectivity index (χ2n) is 2.94. The summed E-state index contributed by atoms with van der Waals surface area (Å²) in [6, 6.07) is 5.74. The predicted octanol–water partition coefficient (Wildman–Crippen LogP) is 3.24. The molecule has 13 heavy (non-hydrogen) atoms. The topological polar surface area (TPSA) is 18.5 Å². The molecule has 0 bridgehead atoms. The fourth-order valence-corrected chi connectivity index (χ4v) is 1.54. The minimum atomic E-state index is 0.156. The van der Waals surface area contributed by atoms with Gasteiger partial charge < -0.3 is 9.47 Å². The first-order valence-electron chi connectivity index (χ1n) is 4.14. The van der Waals surface area contributed by atoms with Gasteiger partial charge in [-0.25, -0.2) is 0 Å². The normalized spacial score (nSPS) is 10.2. The van der Waals surface area contributed by atoms with Crippen LogP contribution in [0.4, 0.5) is 0 Å². The lowest BCUT2D eigenvalue weighted by Crippen LogP contribution is -2.06. The molecule has 0 aliphatic heterocycles. The molecule has 72 valence electrons. The molecule has 0 fully saturated rings. The molecule has 1 rings (SSSR count). The maximum atomic E-state index is 5.56. The molecule has 0 atom stereocenters. The van der Waals surface area contributed by atoms with E-state index in [9.17, 15) is 0 Å². The molecule has 0 aromatic heterocycles. The van der Waals surface area contributed by atoms with Gasteiger partial charge in [-0.05, 0) is 41.9 Å². The Morgan fingerprint density at radius 3 is 2.54 bits per heavy atom. The summed E-state index contributed by atoms with van der Waals surface area (Å²) in [6.07, 6.45) is 0.156. The Kier molecular flexibility index (Phi) is 3.60. The Bertz CT molecular complexity index is 284. The van der Waals surface area contributed by atoms with Crippen molar-refractivity contribution in [2.75, 3.05) is 7.11 Å². The van der Waals surface area contributed by atoms with E-state index in [0.717, 1.165) is 16.0 Å². The number of halogens is 1. The van der Waals surface area contributed by atoms with Crippen molar-refractivity contribution in [3.05, 3.63) is 22.7 Å². The van der Waals surface area contributed by atoms with E-state index in [4.69, 9.17) is 9.47 Å². The van der Waals surface area contributed by atoms with E-state index >= 15 is 0 Å². The van der Waals surface area contributed by atoms with Gasteiger partial charge in [-0.2, -0.15) is 0 Å². The number of ether oxygens (including phenoxy) is 2. The van der Waals surface area contributed by atoms with Crippen molar-refractivity contribution in [3.63, 3.8) is 0 Å². The first kappa shape index (κ1) is 10.4. The highest BCUT2D eigenvalue weighted by Gasteiger charge is 2.08. The minimum absolute atomic E-state index is 0.156. The van der Waals surface area contributed by atoms with Crippen LogP contribution >= 0.6 is 15.9 Å². The van der Waals surface area contributed by atoms with Crippen LogP contribution < -0.4 is 9.47 Å². The summed E-state index contributed by atoms with van der Waals surface area (Å²) < 4.78 is 11.7. The number of methoxy groups -OCH3 is 1. The molecule has 0 saturated heterocycles. The van der Waals surface area contributed by atoms with Gasteiger partial charge in [-0.15, -0.1) is 0 Å². The van der Waals surface area contributed by atoms with E-state index in [2.05, 4.69) is 15.9 Å². The average Bonchev–Trinajstić information content (AvgIpc) is 2.03. The molecule has 0 heterocycles. The molecule has 0 aliphatic rings. The van der Waals surface area contributed by atoms with Gasteiger partial charge in [0.15, 0.2) is 11.5 Å². The van der Waals surface area contributed by atoms with E-state index in [1.54, 1.807) is 7.11 Å². The molecule has 1 aromatic carbocycles. The van der Waals surface area contributed by atoms with Crippen LogP contribution in [0.5, 0.6) is 11.5 Å². The quantitative estimate of drug-likeness (QED) is 0.813. The number of hydrogen-bond donors (Lipinski definition) is 0. The van der Waals surface area contributed by atoms with Crippen LogP contribution in [-0.4, -0.2) is 13.2 Å². The SMILES string of the molecule is COc1c(Br)cccc1OC(C)C. The van der Waals surface area contributed by atoms with Crippen molar-refractivity contribution in [3.8, 4) is 11.5 Å². The molecule has 0 saturated carbocycles. The molecule has 0 unspecified atom stereocenters. The first-order valence-corrected chi connectivity index (χ1v) is 4.93. The summed E-state index contributed by atoms with van der Waals surface area (Å²) in [7, 11) is 1.63. The smallest absolute Gasteiger partial charge is 0.174 e. The third-order valence-electron chi connectivity index (χ3n) is 1.50. The predicted molar refractivity (Wildman–Crippen MR) is 56.5 cm³/mol. The Morgan fingerprint density at radius 2 is 2.00 bits per heavy atom. The summed E-state index contributed by atoms with van der Waals surface area (Å²) in [4.78, 5) is 0. The molecule has 2 nitrogen and oxygen atoms in total. The van der Waals surface area contributed by atoms with Crippen LogP contribution in [0.15, 0.2) is 22.7 Å². The third-order valence-corrected chi connectivity index (χ3v) is 2.12. The van der Waals surface area contributed by atoms with Gasteiger partial charge in [0.05, 0.1) is 17.7 Å². The second-order valence-corrected chi connectivity index (χ2v) is 3.79. The highest BCUT2D eigenvalue weighted by Crippen LogP contribution is 2.35. The van der Waals surface area contributed by atoms with Crippen molar-refractivity contribution in [2.24, 2.45) is 0 Å². The summed E-state index contributed by atoms with van der Waals surface area (Å²) >= 11 is 3.39. The summed E-state index contributed by atoms with van der Waals surface area (Å²) in [5.41, 5.74) is 0. The number of hydrogen-bond acceptors (Lipinski definition) is 2. The van der Waals surface area contributed by atoms with Crippen LogP contribution in [-0.2, 0) is 0 Å². The summed E-state index contributed by atoms with van der Waals surface area (Å²) in [5, 5.41) is 0. The zero-order valence-electron chi connectivity index (χ0n) is 8.00. The molecular formula is C10H13BrO2. The van der Waals surface area contributed by atoms with Gasteiger partial charge in [0, 0.05) is 0 Å². The zero-order valence-corrected chi connectivity index (χ0v) is 9.59. The third kappa shape index (κ3) is 2.62. The van der Waals surface area contributed by atoms with Gasteiger partial charge in [-0.3, -0.25) is 0 Å². The molecule has 0 aliphatic carbocycles. The van der Waals surface area contributed by atoms with Crippen LogP contribution in [0.2, 0.25) is 0 Å². The van der Waals surface area contributed by atoms with Crippen molar-refractivity contribution in [1.82, 2.24) is 0 Å². The second kappa shape index (κ2) is 4.51. The lowest BCUT2D eigenvalue weighted by Gasteiger charge is -2.13. The number of rotatable bonds is 3. The molecule has 0 amide bonds. The standard InChI is InChI=1S/C10H13BrO2/c1-7(2)13-9-6-4-5-8(11)10(9)12-3/h4-7H,1-3H3. The summed E-state index contributed by atoms with van der Waals surface area (Å²) in [6.45, 7) is 3.97. The minimum Gasteiger partial charge on any atom is -0.492 e. The molecular weight excluding hydrogens is 232 g/mol. The van der Waals surface area contributed by atoms with E-state index in [0.29, 0.717) is 0 Å². The largest absolute Gasteiger partial charge is 0.492 e. The zero-order chi connectivity index (χ0) is 9.84. The number of benzene rings is 1. The monoisotopic (exact) mass is 244 g/mol. The van der Waals surface area contributed by atoms with Crippen LogP contribution in [0.1, 0.15) is 13.8 Å². The van der Waals surface area contributed by atoms with Crippen molar-refractivity contribution >= 4 is 15.9 Å². The van der Waals surface area contributed by atoms with Gasteiger partial charge in [0.2, 0.25) is 0 Å². The maximum absolute atomic E-state index is 5.56. The van der Waals surface area contributed by atoms with E-state index in [-0.39, 0.29) is 6.10 Å². The van der Waals surface area contributed by atoms with Crippen molar-refractivity contribution in [1.29, 1.82) is 0 Å². The van der Waals surface area contributed by atoms with E-state index in [1.165, 1.54) is 0 Å². The summed E-state index contributed by atoms with van der Waals surface area (Å²) in [5.74, 6) is 1.52. The Hall–Kier alpha value is -0.700. The lowest BCUT2D eigenvalue weighted by molar-refractivity contribution is 0.229. The van der Waals surface area contributed by atoms with E-state index in [1.807, 2.05) is 32.0 Å². The van der Waals surface area contributed by atoms with Gasteiger partial charge in [0.25, 0.3) is 0 Å². The highest BCUT2D eigenvalue weighted by molar-refractivity contribution is 9.10. The molecule has 0 radical (unpaired) electrons. The van der Waals surface area contributed by atoms with Crippen molar-refractivity contribution < 1.29 is 9.47 Å². The highest BCUT2D eigenvalue weighted by atomic mass is 79.9. The molecule has 1 aromatic rings. The van der Waals surface area contributed by atoms with Gasteiger partial charge >= 0.3 is 0 Å². The molecule has 0 spiro atoms. The maximum Gasteiger partial charge on any atom is 0.174 e. The first-order chi connectivity index (χ1) is 6.15. The van der Waals surface area contributed by atoms with Crippen LogP contribution in [0, 0.1) is 0 Å². The average molecular weight is 245 g/mol. The Balaban J connectivity index is 2.98. The fraction of sp³-hybridized carbons (Fsp3) is 0.400.